The van der Waals surface area contributed by atoms with Gasteiger partial charge >= 0.3 is 0 Å². The van der Waals surface area contributed by atoms with E-state index >= 15 is 0 Å². The Kier molecular flexibility index (Phi) is 3.56. The van der Waals surface area contributed by atoms with E-state index < -0.39 is 22.4 Å². The van der Waals surface area contributed by atoms with Crippen molar-refractivity contribution in [2.75, 3.05) is 22.6 Å². The number of nitrogens with two attached hydrogens (primary N) is 1. The number of hydrogen-bond acceptors (Lipinski definition) is 4. The average molecular weight is 261 g/mol. The van der Waals surface area contributed by atoms with Crippen LogP contribution in [-0.4, -0.2) is 26.7 Å². The molecule has 1 aliphatic rings. The SMILES string of the molecule is Nc1nc(NC2CCS(=O)CC2)c(F)cc1F. The highest BCUT2D eigenvalue weighted by Crippen LogP contribution is 2.20. The maximum atomic E-state index is 13.4. The first-order valence-electron chi connectivity index (χ1n) is 5.29. The van der Waals surface area contributed by atoms with Crippen LogP contribution >= 0.6 is 0 Å². The minimum Gasteiger partial charge on any atom is -0.381 e. The molecule has 0 saturated carbocycles. The third-order valence-corrected chi connectivity index (χ3v) is 4.07. The number of halogens is 2. The number of hydrogen-bond donors (Lipinski definition) is 2. The highest BCUT2D eigenvalue weighted by Gasteiger charge is 2.20. The Morgan fingerprint density at radius 3 is 2.65 bits per heavy atom. The van der Waals surface area contributed by atoms with Gasteiger partial charge in [-0.25, -0.2) is 13.8 Å². The molecule has 0 aromatic carbocycles. The fraction of sp³-hybridized carbons (Fsp3) is 0.500. The van der Waals surface area contributed by atoms with Gasteiger partial charge in [0.2, 0.25) is 0 Å². The van der Waals surface area contributed by atoms with E-state index in [1.165, 1.54) is 0 Å². The number of rotatable bonds is 2. The molecule has 0 bridgehead atoms. The molecule has 7 heteroatoms. The fourth-order valence-electron chi connectivity index (χ4n) is 1.71. The first-order valence-corrected chi connectivity index (χ1v) is 6.78. The van der Waals surface area contributed by atoms with Crippen LogP contribution in [0.4, 0.5) is 20.4 Å². The second-order valence-corrected chi connectivity index (χ2v) is 5.65. The van der Waals surface area contributed by atoms with Crippen molar-refractivity contribution in [1.29, 1.82) is 0 Å². The van der Waals surface area contributed by atoms with Crippen molar-refractivity contribution >= 4 is 22.4 Å². The lowest BCUT2D eigenvalue weighted by atomic mass is 10.1. The number of anilines is 2. The molecule has 1 saturated heterocycles. The molecule has 1 aliphatic heterocycles. The van der Waals surface area contributed by atoms with E-state index in [-0.39, 0.29) is 17.7 Å². The molecular weight excluding hydrogens is 248 g/mol. The van der Waals surface area contributed by atoms with Crippen LogP contribution in [0.25, 0.3) is 0 Å². The van der Waals surface area contributed by atoms with Gasteiger partial charge in [-0.2, -0.15) is 0 Å². The molecule has 1 aromatic rings. The topological polar surface area (TPSA) is 68.0 Å². The minimum atomic E-state index is -0.863. The summed E-state index contributed by atoms with van der Waals surface area (Å²) in [6.45, 7) is 0. The number of nitrogen functional groups attached to an aromatic ring is 1. The van der Waals surface area contributed by atoms with Crippen molar-refractivity contribution in [2.24, 2.45) is 0 Å². The first-order chi connectivity index (χ1) is 8.06. The molecule has 3 N–H and O–H groups in total. The van der Waals surface area contributed by atoms with Crippen LogP contribution in [0.15, 0.2) is 6.07 Å². The fourth-order valence-corrected chi connectivity index (χ4v) is 3.01. The Morgan fingerprint density at radius 1 is 1.35 bits per heavy atom. The minimum absolute atomic E-state index is 0.0135. The van der Waals surface area contributed by atoms with Crippen LogP contribution < -0.4 is 11.1 Å². The third kappa shape index (κ3) is 2.91. The second-order valence-electron chi connectivity index (χ2n) is 3.95. The Bertz CT molecular complexity index is 445. The summed E-state index contributed by atoms with van der Waals surface area (Å²) in [5.74, 6) is -0.803. The lowest BCUT2D eigenvalue weighted by Crippen LogP contribution is -2.30. The van der Waals surface area contributed by atoms with Gasteiger partial charge in [0.05, 0.1) is 0 Å². The van der Waals surface area contributed by atoms with E-state index in [4.69, 9.17) is 5.73 Å². The summed E-state index contributed by atoms with van der Waals surface area (Å²) < 4.78 is 37.4. The van der Waals surface area contributed by atoms with Crippen LogP contribution in [0.2, 0.25) is 0 Å². The van der Waals surface area contributed by atoms with Crippen LogP contribution in [0.5, 0.6) is 0 Å². The van der Waals surface area contributed by atoms with Gasteiger partial charge in [0.25, 0.3) is 0 Å². The molecule has 0 spiro atoms. The summed E-state index contributed by atoms with van der Waals surface area (Å²) in [7, 11) is -0.771. The second kappa shape index (κ2) is 4.95. The molecule has 2 rings (SSSR count). The van der Waals surface area contributed by atoms with Gasteiger partial charge in [-0.1, -0.05) is 0 Å². The first kappa shape index (κ1) is 12.2. The predicted molar refractivity (Wildman–Crippen MR) is 63.1 cm³/mol. The van der Waals surface area contributed by atoms with Gasteiger partial charge in [0.1, 0.15) is 0 Å². The molecule has 4 nitrogen and oxygen atoms in total. The number of pyridine rings is 1. The largest absolute Gasteiger partial charge is 0.381 e. The standard InChI is InChI=1S/C10H13F2N3OS/c11-7-5-8(12)10(15-9(7)13)14-6-1-3-17(16)4-2-6/h5-6H,1-4H2,(H3,13,14,15). The summed E-state index contributed by atoms with van der Waals surface area (Å²) in [5, 5.41) is 2.87. The van der Waals surface area contributed by atoms with Crippen LogP contribution in [0, 0.1) is 11.6 Å². The third-order valence-electron chi connectivity index (χ3n) is 2.69. The highest BCUT2D eigenvalue weighted by atomic mass is 32.2. The van der Waals surface area contributed by atoms with Gasteiger partial charge in [0, 0.05) is 34.4 Å². The number of nitrogens with one attached hydrogen (secondary N) is 1. The number of aromatic nitrogens is 1. The molecule has 1 aromatic heterocycles. The van der Waals surface area contributed by atoms with Gasteiger partial charge in [-0.15, -0.1) is 0 Å². The van der Waals surface area contributed by atoms with E-state index in [1.54, 1.807) is 0 Å². The van der Waals surface area contributed by atoms with E-state index in [1.807, 2.05) is 0 Å². The maximum Gasteiger partial charge on any atom is 0.168 e. The van der Waals surface area contributed by atoms with E-state index in [0.717, 1.165) is 0 Å². The molecule has 0 amide bonds. The molecular formula is C10H13F2N3OS. The van der Waals surface area contributed by atoms with E-state index in [9.17, 15) is 13.0 Å². The Morgan fingerprint density at radius 2 is 2.00 bits per heavy atom. The zero-order chi connectivity index (χ0) is 12.4. The van der Waals surface area contributed by atoms with E-state index in [2.05, 4.69) is 10.3 Å². The smallest absolute Gasteiger partial charge is 0.168 e. The molecule has 2 heterocycles. The zero-order valence-corrected chi connectivity index (χ0v) is 9.90. The monoisotopic (exact) mass is 261 g/mol. The summed E-state index contributed by atoms with van der Waals surface area (Å²) in [5.41, 5.74) is 5.28. The summed E-state index contributed by atoms with van der Waals surface area (Å²) >= 11 is 0. The Hall–Kier alpha value is -1.24. The summed E-state index contributed by atoms with van der Waals surface area (Å²) in [6.07, 6.45) is 1.37. The van der Waals surface area contributed by atoms with Crippen molar-refractivity contribution in [2.45, 2.75) is 18.9 Å². The van der Waals surface area contributed by atoms with Crippen LogP contribution in [0.3, 0.4) is 0 Å². The molecule has 17 heavy (non-hydrogen) atoms. The summed E-state index contributed by atoms with van der Waals surface area (Å²) in [4.78, 5) is 3.63. The lowest BCUT2D eigenvalue weighted by molar-refractivity contribution is 0.571. The zero-order valence-electron chi connectivity index (χ0n) is 9.08. The van der Waals surface area contributed by atoms with Crippen molar-refractivity contribution in [3.63, 3.8) is 0 Å². The van der Waals surface area contributed by atoms with Crippen molar-refractivity contribution in [1.82, 2.24) is 4.98 Å². The molecule has 0 radical (unpaired) electrons. The lowest BCUT2D eigenvalue weighted by Gasteiger charge is -2.23. The molecule has 0 aliphatic carbocycles. The molecule has 1 fully saturated rings. The molecule has 0 atom stereocenters. The Balaban J connectivity index is 2.08. The van der Waals surface area contributed by atoms with Crippen molar-refractivity contribution in [3.8, 4) is 0 Å². The maximum absolute atomic E-state index is 13.4. The van der Waals surface area contributed by atoms with Gasteiger partial charge in [0.15, 0.2) is 23.3 Å². The van der Waals surface area contributed by atoms with Crippen LogP contribution in [-0.2, 0) is 10.8 Å². The number of nitrogens with zero attached hydrogens (tertiary/aromatic N) is 1. The quantitative estimate of drug-likeness (QED) is 0.841. The predicted octanol–water partition coefficient (Wildman–Crippen LogP) is 1.26. The average Bonchev–Trinajstić information content (AvgIpc) is 2.29. The molecule has 0 unspecified atom stereocenters. The normalized spacial score (nSPS) is 24.6. The summed E-state index contributed by atoms with van der Waals surface area (Å²) in [6, 6.07) is 0.727. The van der Waals surface area contributed by atoms with Gasteiger partial charge in [-0.05, 0) is 12.8 Å². The van der Waals surface area contributed by atoms with Crippen LogP contribution in [0.1, 0.15) is 12.8 Å². The highest BCUT2D eigenvalue weighted by molar-refractivity contribution is 7.85. The van der Waals surface area contributed by atoms with Crippen molar-refractivity contribution < 1.29 is 13.0 Å². The van der Waals surface area contributed by atoms with E-state index in [0.29, 0.717) is 30.4 Å². The van der Waals surface area contributed by atoms with Gasteiger partial charge < -0.3 is 11.1 Å². The van der Waals surface area contributed by atoms with Crippen molar-refractivity contribution in [3.05, 3.63) is 17.7 Å². The Labute approximate surface area is 100 Å². The molecule has 94 valence electrons. The van der Waals surface area contributed by atoms with Gasteiger partial charge in [-0.3, -0.25) is 4.21 Å².